The van der Waals surface area contributed by atoms with Gasteiger partial charge in [0, 0.05) is 27.2 Å². The molecule has 0 spiro atoms. The first-order valence-electron chi connectivity index (χ1n) is 15.8. The lowest BCUT2D eigenvalue weighted by Gasteiger charge is -2.14. The highest BCUT2D eigenvalue weighted by Crippen LogP contribution is 2.42. The molecule has 0 aliphatic heterocycles. The first kappa shape index (κ1) is 25.2. The molecule has 0 unspecified atom stereocenters. The van der Waals surface area contributed by atoms with Crippen molar-refractivity contribution in [2.24, 2.45) is 0 Å². The molecule has 0 aliphatic carbocycles. The number of nitrogens with zero attached hydrogens (tertiary/aromatic N) is 1. The smallest absolute Gasteiger partial charge is 0.136 e. The number of benzene rings is 8. The van der Waals surface area contributed by atoms with E-state index in [-0.39, 0.29) is 0 Å². The maximum atomic E-state index is 6.37. The van der Waals surface area contributed by atoms with Crippen LogP contribution in [0.4, 0.5) is 0 Å². The van der Waals surface area contributed by atoms with Crippen LogP contribution in [-0.2, 0) is 0 Å². The Kier molecular flexibility index (Phi) is 5.31. The fraction of sp³-hybridized carbons (Fsp3) is 0. The molecule has 0 fully saturated rings. The summed E-state index contributed by atoms with van der Waals surface area (Å²) in [5, 5.41) is 9.71. The van der Waals surface area contributed by atoms with E-state index in [1.165, 1.54) is 65.6 Å². The Morgan fingerprint density at radius 2 is 1.00 bits per heavy atom. The number of fused-ring (bicyclic) bond motifs is 8. The van der Waals surface area contributed by atoms with Crippen molar-refractivity contribution in [2.45, 2.75) is 0 Å². The molecule has 2 nitrogen and oxygen atoms in total. The van der Waals surface area contributed by atoms with E-state index in [4.69, 9.17) is 4.42 Å². The fourth-order valence-electron chi connectivity index (χ4n) is 7.51. The maximum absolute atomic E-state index is 6.37. The van der Waals surface area contributed by atoms with Crippen LogP contribution in [0, 0.1) is 0 Å². The monoisotopic (exact) mass is 585 g/mol. The molecule has 10 aromatic rings. The van der Waals surface area contributed by atoms with E-state index in [0.717, 1.165) is 27.6 Å². The number of para-hydroxylation sites is 2. The van der Waals surface area contributed by atoms with E-state index in [0.29, 0.717) is 0 Å². The van der Waals surface area contributed by atoms with Gasteiger partial charge in [-0.05, 0) is 86.3 Å². The van der Waals surface area contributed by atoms with Crippen LogP contribution in [0.1, 0.15) is 0 Å². The summed E-state index contributed by atoms with van der Waals surface area (Å²) in [5.41, 5.74) is 10.3. The van der Waals surface area contributed by atoms with Crippen molar-refractivity contribution in [3.63, 3.8) is 0 Å². The summed E-state index contributed by atoms with van der Waals surface area (Å²) in [4.78, 5) is 0. The average molecular weight is 586 g/mol. The Morgan fingerprint density at radius 3 is 1.87 bits per heavy atom. The summed E-state index contributed by atoms with van der Waals surface area (Å²) in [7, 11) is 0. The molecule has 0 radical (unpaired) electrons. The second-order valence-electron chi connectivity index (χ2n) is 12.1. The van der Waals surface area contributed by atoms with Crippen molar-refractivity contribution in [3.05, 3.63) is 164 Å². The number of aromatic nitrogens is 1. The van der Waals surface area contributed by atoms with Crippen LogP contribution in [-0.4, -0.2) is 4.57 Å². The SMILES string of the molecule is c1ccc(-n2c3ccc(-c4ccc(-c5cccc6ccccc56)c5ccccc45)cc3c3cc4oc5ccccc5c4cc32)cc1. The molecular formula is C44H27NO. The second-order valence-corrected chi connectivity index (χ2v) is 12.1. The fourth-order valence-corrected chi connectivity index (χ4v) is 7.51. The number of hydrogen-bond donors (Lipinski definition) is 0. The Labute approximate surface area is 265 Å². The van der Waals surface area contributed by atoms with Gasteiger partial charge in [0.05, 0.1) is 11.0 Å². The van der Waals surface area contributed by atoms with Gasteiger partial charge in [-0.1, -0.05) is 121 Å². The molecule has 0 N–H and O–H groups in total. The standard InChI is InChI=1S/C44H27NO/c1-2-13-30(14-3-1)45-41-24-21-29(25-38(41)39-27-44-40(26-42(39)45)37-18-8-9-20-43(37)46-44)32-22-23-36(35-17-7-6-16-33(32)35)34-19-10-12-28-11-4-5-15-31(28)34/h1-27H. The highest BCUT2D eigenvalue weighted by Gasteiger charge is 2.18. The summed E-state index contributed by atoms with van der Waals surface area (Å²) in [6.45, 7) is 0. The Morgan fingerprint density at radius 1 is 0.348 bits per heavy atom. The predicted molar refractivity (Wildman–Crippen MR) is 194 cm³/mol. The van der Waals surface area contributed by atoms with Crippen molar-refractivity contribution in [1.82, 2.24) is 4.57 Å². The first-order chi connectivity index (χ1) is 22.8. The van der Waals surface area contributed by atoms with Gasteiger partial charge in [-0.3, -0.25) is 0 Å². The first-order valence-corrected chi connectivity index (χ1v) is 15.8. The minimum atomic E-state index is 0.913. The van der Waals surface area contributed by atoms with E-state index in [2.05, 4.69) is 162 Å². The topological polar surface area (TPSA) is 18.1 Å². The molecule has 2 aromatic heterocycles. The molecule has 0 saturated carbocycles. The van der Waals surface area contributed by atoms with Crippen molar-refractivity contribution in [1.29, 1.82) is 0 Å². The lowest BCUT2D eigenvalue weighted by Crippen LogP contribution is -1.93. The van der Waals surface area contributed by atoms with Crippen molar-refractivity contribution in [2.75, 3.05) is 0 Å². The highest BCUT2D eigenvalue weighted by molar-refractivity contribution is 6.18. The van der Waals surface area contributed by atoms with Crippen molar-refractivity contribution < 1.29 is 4.42 Å². The lowest BCUT2D eigenvalue weighted by atomic mass is 9.90. The molecule has 46 heavy (non-hydrogen) atoms. The maximum Gasteiger partial charge on any atom is 0.136 e. The number of rotatable bonds is 3. The zero-order chi connectivity index (χ0) is 30.2. The molecule has 2 heteroatoms. The van der Waals surface area contributed by atoms with Gasteiger partial charge in [0.25, 0.3) is 0 Å². The van der Waals surface area contributed by atoms with Crippen LogP contribution in [0.3, 0.4) is 0 Å². The number of hydrogen-bond acceptors (Lipinski definition) is 1. The summed E-state index contributed by atoms with van der Waals surface area (Å²) in [6, 6.07) is 59.1. The third-order valence-electron chi connectivity index (χ3n) is 9.59. The minimum Gasteiger partial charge on any atom is -0.456 e. The molecule has 0 atom stereocenters. The molecule has 10 rings (SSSR count). The van der Waals surface area contributed by atoms with Gasteiger partial charge < -0.3 is 8.98 Å². The summed E-state index contributed by atoms with van der Waals surface area (Å²) >= 11 is 0. The van der Waals surface area contributed by atoms with Gasteiger partial charge in [-0.15, -0.1) is 0 Å². The summed E-state index contributed by atoms with van der Waals surface area (Å²) in [5.74, 6) is 0. The Bertz CT molecular complexity index is 2790. The van der Waals surface area contributed by atoms with Gasteiger partial charge in [-0.2, -0.15) is 0 Å². The summed E-state index contributed by atoms with van der Waals surface area (Å²) in [6.07, 6.45) is 0. The Balaban J connectivity index is 1.24. The quantitative estimate of drug-likeness (QED) is 0.202. The van der Waals surface area contributed by atoms with E-state index >= 15 is 0 Å². The molecule has 8 aromatic carbocycles. The number of furan rings is 1. The van der Waals surface area contributed by atoms with Gasteiger partial charge in [0.15, 0.2) is 0 Å². The highest BCUT2D eigenvalue weighted by atomic mass is 16.3. The van der Waals surface area contributed by atoms with Gasteiger partial charge >= 0.3 is 0 Å². The molecule has 0 bridgehead atoms. The minimum absolute atomic E-state index is 0.913. The van der Waals surface area contributed by atoms with Crippen LogP contribution in [0.15, 0.2) is 168 Å². The van der Waals surface area contributed by atoms with Crippen LogP contribution >= 0.6 is 0 Å². The van der Waals surface area contributed by atoms with Crippen molar-refractivity contribution in [3.8, 4) is 27.9 Å². The zero-order valence-electron chi connectivity index (χ0n) is 24.9. The molecular weight excluding hydrogens is 558 g/mol. The van der Waals surface area contributed by atoms with Crippen LogP contribution < -0.4 is 0 Å². The van der Waals surface area contributed by atoms with Gasteiger partial charge in [0.1, 0.15) is 11.2 Å². The van der Waals surface area contributed by atoms with Crippen LogP contribution in [0.5, 0.6) is 0 Å². The van der Waals surface area contributed by atoms with Crippen molar-refractivity contribution >= 4 is 65.3 Å². The third-order valence-corrected chi connectivity index (χ3v) is 9.59. The Hall–Kier alpha value is -6.12. The normalized spacial score (nSPS) is 11.9. The molecule has 0 aliphatic rings. The van der Waals surface area contributed by atoms with Gasteiger partial charge in [-0.25, -0.2) is 0 Å². The van der Waals surface area contributed by atoms with E-state index in [9.17, 15) is 0 Å². The molecule has 2 heterocycles. The lowest BCUT2D eigenvalue weighted by molar-refractivity contribution is 0.669. The van der Waals surface area contributed by atoms with E-state index in [1.54, 1.807) is 0 Å². The van der Waals surface area contributed by atoms with E-state index in [1.807, 2.05) is 6.07 Å². The summed E-state index contributed by atoms with van der Waals surface area (Å²) < 4.78 is 8.76. The predicted octanol–water partition coefficient (Wildman–Crippen LogP) is 12.3. The van der Waals surface area contributed by atoms with Gasteiger partial charge in [0.2, 0.25) is 0 Å². The zero-order valence-corrected chi connectivity index (χ0v) is 24.9. The largest absolute Gasteiger partial charge is 0.456 e. The molecule has 214 valence electrons. The third kappa shape index (κ3) is 3.65. The second kappa shape index (κ2) is 9.69. The van der Waals surface area contributed by atoms with Crippen LogP contribution in [0.2, 0.25) is 0 Å². The van der Waals surface area contributed by atoms with Crippen LogP contribution in [0.25, 0.3) is 93.2 Å². The van der Waals surface area contributed by atoms with E-state index < -0.39 is 0 Å². The average Bonchev–Trinajstić information content (AvgIpc) is 3.64. The molecule has 0 saturated heterocycles. The molecule has 0 amide bonds.